The van der Waals surface area contributed by atoms with E-state index >= 15 is 0 Å². The fraction of sp³-hybridized carbons (Fsp3) is 0.231. The molecule has 3 N–H and O–H groups in total. The van der Waals surface area contributed by atoms with Gasteiger partial charge in [0.05, 0.1) is 10.2 Å². The van der Waals surface area contributed by atoms with E-state index in [1.807, 2.05) is 13.1 Å². The van der Waals surface area contributed by atoms with Crippen LogP contribution in [0, 0.1) is 5.82 Å². The first kappa shape index (κ1) is 14.9. The number of hydrogen-bond donors (Lipinski definition) is 2. The van der Waals surface area contributed by atoms with Gasteiger partial charge in [-0.3, -0.25) is 4.68 Å². The van der Waals surface area contributed by atoms with Gasteiger partial charge in [-0.1, -0.05) is 12.2 Å². The Balaban J connectivity index is 2.05. The van der Waals surface area contributed by atoms with Crippen molar-refractivity contribution in [3.63, 3.8) is 0 Å². The summed E-state index contributed by atoms with van der Waals surface area (Å²) in [6.45, 7) is 0.606. The number of hydrogen-bond acceptors (Lipinski definition) is 3. The van der Waals surface area contributed by atoms with Gasteiger partial charge < -0.3 is 11.1 Å². The van der Waals surface area contributed by atoms with Gasteiger partial charge in [-0.05, 0) is 34.1 Å². The number of nitrogens with zero attached hydrogens (tertiary/aromatic N) is 2. The van der Waals surface area contributed by atoms with Crippen LogP contribution in [0.5, 0.6) is 0 Å². The molecule has 2 aromatic rings. The monoisotopic (exact) mass is 356 g/mol. The first-order valence-corrected chi connectivity index (χ1v) is 7.19. The zero-order chi connectivity index (χ0) is 14.7. The second-order valence-corrected chi connectivity index (χ2v) is 5.51. The molecule has 0 aliphatic rings. The van der Waals surface area contributed by atoms with E-state index < -0.39 is 0 Å². The van der Waals surface area contributed by atoms with E-state index in [2.05, 4.69) is 26.3 Å². The standard InChI is InChI=1S/C13H14BrFN4S/c1-19-8(5-7-18-19)4-6-17-10-3-2-9(13(16)20)11(14)12(10)15/h2-3,5,7,17H,4,6H2,1H3,(H2,16,20). The average molecular weight is 357 g/mol. The highest BCUT2D eigenvalue weighted by atomic mass is 79.9. The number of nitrogens with two attached hydrogens (primary N) is 1. The van der Waals surface area contributed by atoms with Crippen molar-refractivity contribution in [2.24, 2.45) is 12.8 Å². The van der Waals surface area contributed by atoms with Crippen molar-refractivity contribution < 1.29 is 4.39 Å². The van der Waals surface area contributed by atoms with Crippen LogP contribution < -0.4 is 11.1 Å². The molecule has 20 heavy (non-hydrogen) atoms. The van der Waals surface area contributed by atoms with E-state index in [0.717, 1.165) is 12.1 Å². The molecule has 2 rings (SSSR count). The molecule has 1 aromatic carbocycles. The molecule has 0 saturated heterocycles. The van der Waals surface area contributed by atoms with Gasteiger partial charge in [0.25, 0.3) is 0 Å². The number of halogens is 2. The molecule has 0 aliphatic carbocycles. The van der Waals surface area contributed by atoms with Crippen LogP contribution in [0.2, 0.25) is 0 Å². The second kappa shape index (κ2) is 6.32. The van der Waals surface area contributed by atoms with Gasteiger partial charge in [0.2, 0.25) is 0 Å². The number of rotatable bonds is 5. The zero-order valence-electron chi connectivity index (χ0n) is 10.9. The lowest BCUT2D eigenvalue weighted by Crippen LogP contribution is -2.13. The highest BCUT2D eigenvalue weighted by Gasteiger charge is 2.12. The van der Waals surface area contributed by atoms with Crippen LogP contribution in [0.3, 0.4) is 0 Å². The number of aromatic nitrogens is 2. The third-order valence-electron chi connectivity index (χ3n) is 2.97. The molecule has 0 aliphatic heterocycles. The normalized spacial score (nSPS) is 10.6. The first-order chi connectivity index (χ1) is 9.50. The molecule has 1 heterocycles. The minimum atomic E-state index is -0.389. The number of thiocarbonyl (C=S) groups is 1. The second-order valence-electron chi connectivity index (χ2n) is 4.28. The number of benzene rings is 1. The van der Waals surface area contributed by atoms with Crippen molar-refractivity contribution in [3.8, 4) is 0 Å². The Morgan fingerprint density at radius 3 is 2.85 bits per heavy atom. The van der Waals surface area contributed by atoms with E-state index in [0.29, 0.717) is 17.8 Å². The fourth-order valence-corrected chi connectivity index (χ4v) is 2.71. The Morgan fingerprint density at radius 1 is 1.50 bits per heavy atom. The number of anilines is 1. The predicted octanol–water partition coefficient (Wildman–Crippen LogP) is 2.61. The first-order valence-electron chi connectivity index (χ1n) is 5.99. The Labute approximate surface area is 130 Å². The summed E-state index contributed by atoms with van der Waals surface area (Å²) in [5.41, 5.74) is 7.51. The molecular formula is C13H14BrFN4S. The molecule has 4 nitrogen and oxygen atoms in total. The van der Waals surface area contributed by atoms with E-state index in [-0.39, 0.29) is 15.3 Å². The highest BCUT2D eigenvalue weighted by Crippen LogP contribution is 2.27. The largest absolute Gasteiger partial charge is 0.389 e. The molecule has 7 heteroatoms. The fourth-order valence-electron chi connectivity index (χ4n) is 1.85. The molecule has 106 valence electrons. The van der Waals surface area contributed by atoms with E-state index in [4.69, 9.17) is 18.0 Å². The summed E-state index contributed by atoms with van der Waals surface area (Å²) in [4.78, 5) is 0.164. The third-order valence-corrected chi connectivity index (χ3v) is 3.96. The van der Waals surface area contributed by atoms with Crippen molar-refractivity contribution in [3.05, 3.63) is 45.9 Å². The maximum absolute atomic E-state index is 14.1. The summed E-state index contributed by atoms with van der Waals surface area (Å²) >= 11 is 8.04. The molecule has 0 amide bonds. The van der Waals surface area contributed by atoms with Crippen LogP contribution in [-0.2, 0) is 13.5 Å². The lowest BCUT2D eigenvalue weighted by molar-refractivity contribution is 0.622. The van der Waals surface area contributed by atoms with Crippen molar-refractivity contribution >= 4 is 38.8 Å². The smallest absolute Gasteiger partial charge is 0.161 e. The van der Waals surface area contributed by atoms with Crippen LogP contribution in [0.15, 0.2) is 28.9 Å². The maximum Gasteiger partial charge on any atom is 0.161 e. The predicted molar refractivity (Wildman–Crippen MR) is 85.4 cm³/mol. The minimum Gasteiger partial charge on any atom is -0.389 e. The van der Waals surface area contributed by atoms with Crippen LogP contribution >= 0.6 is 28.1 Å². The van der Waals surface area contributed by atoms with E-state index in [9.17, 15) is 4.39 Å². The highest BCUT2D eigenvalue weighted by molar-refractivity contribution is 9.10. The summed E-state index contributed by atoms with van der Waals surface area (Å²) in [5.74, 6) is -0.389. The van der Waals surface area contributed by atoms with Gasteiger partial charge >= 0.3 is 0 Å². The molecule has 1 aromatic heterocycles. The Kier molecular flexibility index (Phi) is 4.72. The van der Waals surface area contributed by atoms with Gasteiger partial charge in [0.15, 0.2) is 5.82 Å². The number of nitrogens with one attached hydrogen (secondary N) is 1. The van der Waals surface area contributed by atoms with Gasteiger partial charge in [0.1, 0.15) is 4.99 Å². The topological polar surface area (TPSA) is 55.9 Å². The number of aryl methyl sites for hydroxylation is 1. The molecule has 0 fully saturated rings. The summed E-state index contributed by atoms with van der Waals surface area (Å²) < 4.78 is 16.2. The molecule has 0 bridgehead atoms. The van der Waals surface area contributed by atoms with Gasteiger partial charge in [0, 0.05) is 37.5 Å². The Hall–Kier alpha value is -1.47. The van der Waals surface area contributed by atoms with Crippen molar-refractivity contribution in [1.82, 2.24) is 9.78 Å². The summed E-state index contributed by atoms with van der Waals surface area (Å²) in [6, 6.07) is 5.27. The van der Waals surface area contributed by atoms with E-state index in [1.165, 1.54) is 0 Å². The van der Waals surface area contributed by atoms with Gasteiger partial charge in [-0.15, -0.1) is 0 Å². The average Bonchev–Trinajstić information content (AvgIpc) is 2.80. The molecule has 0 unspecified atom stereocenters. The third kappa shape index (κ3) is 3.16. The lowest BCUT2D eigenvalue weighted by Gasteiger charge is -2.11. The van der Waals surface area contributed by atoms with Crippen LogP contribution in [-0.4, -0.2) is 21.3 Å². The minimum absolute atomic E-state index is 0.164. The van der Waals surface area contributed by atoms with Crippen molar-refractivity contribution in [1.29, 1.82) is 0 Å². The van der Waals surface area contributed by atoms with Crippen LogP contribution in [0.4, 0.5) is 10.1 Å². The molecule has 0 atom stereocenters. The zero-order valence-corrected chi connectivity index (χ0v) is 13.3. The van der Waals surface area contributed by atoms with Crippen LogP contribution in [0.1, 0.15) is 11.3 Å². The Bertz CT molecular complexity index is 641. The van der Waals surface area contributed by atoms with E-state index in [1.54, 1.807) is 23.0 Å². The molecule has 0 radical (unpaired) electrons. The van der Waals surface area contributed by atoms with Crippen molar-refractivity contribution in [2.45, 2.75) is 6.42 Å². The SMILES string of the molecule is Cn1nccc1CCNc1ccc(C(N)=S)c(Br)c1F. The Morgan fingerprint density at radius 2 is 2.25 bits per heavy atom. The van der Waals surface area contributed by atoms with Crippen LogP contribution in [0.25, 0.3) is 0 Å². The quantitative estimate of drug-likeness (QED) is 0.808. The van der Waals surface area contributed by atoms with Gasteiger partial charge in [-0.2, -0.15) is 5.10 Å². The molecule has 0 spiro atoms. The van der Waals surface area contributed by atoms with Gasteiger partial charge in [-0.25, -0.2) is 4.39 Å². The maximum atomic E-state index is 14.1. The molecule has 0 saturated carbocycles. The lowest BCUT2D eigenvalue weighted by atomic mass is 10.2. The van der Waals surface area contributed by atoms with Crippen molar-refractivity contribution in [2.75, 3.05) is 11.9 Å². The summed E-state index contributed by atoms with van der Waals surface area (Å²) in [7, 11) is 1.88. The molecular weight excluding hydrogens is 343 g/mol. The summed E-state index contributed by atoms with van der Waals surface area (Å²) in [5, 5.41) is 7.14. The summed E-state index contributed by atoms with van der Waals surface area (Å²) in [6.07, 6.45) is 2.49.